The fourth-order valence-electron chi connectivity index (χ4n) is 3.15. The number of rotatable bonds is 9. The number of hydrogen-bond donors (Lipinski definition) is 1. The first-order chi connectivity index (χ1) is 17.2. The van der Waals surface area contributed by atoms with Crippen LogP contribution in [0.25, 0.3) is 11.8 Å². The van der Waals surface area contributed by atoms with Crippen molar-refractivity contribution in [1.29, 1.82) is 5.26 Å². The third-order valence-electron chi connectivity index (χ3n) is 4.98. The predicted octanol–water partition coefficient (Wildman–Crippen LogP) is 4.28. The number of nitriles is 1. The Morgan fingerprint density at radius 2 is 1.86 bits per heavy atom. The first-order valence-corrected chi connectivity index (χ1v) is 11.2. The van der Waals surface area contributed by atoms with Crippen LogP contribution in [0.1, 0.15) is 32.0 Å². The van der Waals surface area contributed by atoms with E-state index in [0.717, 1.165) is 11.4 Å². The summed E-state index contributed by atoms with van der Waals surface area (Å²) in [6, 6.07) is 18.1. The molecule has 0 saturated heterocycles. The van der Waals surface area contributed by atoms with E-state index in [9.17, 15) is 9.59 Å². The maximum atomic E-state index is 12.5. The van der Waals surface area contributed by atoms with Crippen LogP contribution in [0.2, 0.25) is 0 Å². The predicted molar refractivity (Wildman–Crippen MR) is 135 cm³/mol. The van der Waals surface area contributed by atoms with Gasteiger partial charge in [-0.05, 0) is 35.9 Å². The first kappa shape index (κ1) is 26.0. The molecule has 0 aliphatic carbocycles. The van der Waals surface area contributed by atoms with Crippen LogP contribution < -0.4 is 14.8 Å². The van der Waals surface area contributed by atoms with Gasteiger partial charge in [-0.2, -0.15) is 10.4 Å². The van der Waals surface area contributed by atoms with Crippen molar-refractivity contribution < 1.29 is 23.8 Å². The van der Waals surface area contributed by atoms with Gasteiger partial charge >= 0.3 is 5.97 Å². The lowest BCUT2D eigenvalue weighted by atomic mass is 9.92. The third kappa shape index (κ3) is 6.96. The number of aromatic nitrogens is 2. The average molecular weight is 489 g/mol. The fraction of sp³-hybridized carbons (Fsp3) is 0.259. The van der Waals surface area contributed by atoms with E-state index in [0.29, 0.717) is 22.9 Å². The van der Waals surface area contributed by atoms with Gasteiger partial charge in [0.2, 0.25) is 0 Å². The molecular formula is C27H28N4O5. The van der Waals surface area contributed by atoms with Gasteiger partial charge in [0.1, 0.15) is 11.9 Å². The van der Waals surface area contributed by atoms with Crippen LogP contribution in [-0.2, 0) is 19.7 Å². The molecule has 0 spiro atoms. The molecule has 0 aliphatic heterocycles. The van der Waals surface area contributed by atoms with Crippen LogP contribution >= 0.6 is 0 Å². The lowest BCUT2D eigenvalue weighted by molar-refractivity contribution is -0.142. The molecule has 0 aliphatic rings. The number of carbonyl (C=O) groups excluding carboxylic acids is 2. The van der Waals surface area contributed by atoms with Crippen LogP contribution in [0.4, 0.5) is 5.82 Å². The van der Waals surface area contributed by atoms with Gasteiger partial charge in [0, 0.05) is 17.6 Å². The number of amides is 1. The van der Waals surface area contributed by atoms with Gasteiger partial charge in [-0.15, -0.1) is 0 Å². The number of carbonyl (C=O) groups is 2. The summed E-state index contributed by atoms with van der Waals surface area (Å²) >= 11 is 0. The number of esters is 1. The Balaban J connectivity index is 1.62. The molecule has 186 valence electrons. The Morgan fingerprint density at radius 3 is 2.53 bits per heavy atom. The molecule has 0 unspecified atom stereocenters. The first-order valence-electron chi connectivity index (χ1n) is 11.2. The molecule has 1 N–H and O–H groups in total. The number of nitrogens with one attached hydrogen (secondary N) is 1. The molecule has 1 aromatic heterocycles. The molecule has 9 heteroatoms. The molecule has 1 amide bonds. The van der Waals surface area contributed by atoms with E-state index >= 15 is 0 Å². The minimum Gasteiger partial charge on any atom is -0.493 e. The summed E-state index contributed by atoms with van der Waals surface area (Å²) in [5.74, 6) is 0.147. The molecular weight excluding hydrogens is 460 g/mol. The van der Waals surface area contributed by atoms with E-state index in [4.69, 9.17) is 19.5 Å². The number of methoxy groups -OCH3 is 1. The molecule has 1 heterocycles. The number of benzene rings is 2. The van der Waals surface area contributed by atoms with Crippen LogP contribution in [-0.4, -0.2) is 42.0 Å². The van der Waals surface area contributed by atoms with Gasteiger partial charge in [-0.1, -0.05) is 45.0 Å². The molecule has 36 heavy (non-hydrogen) atoms. The number of ether oxygens (including phenoxy) is 3. The monoisotopic (exact) mass is 488 g/mol. The number of para-hydroxylation sites is 1. The maximum Gasteiger partial charge on any atom is 0.331 e. The highest BCUT2D eigenvalue weighted by molar-refractivity contribution is 5.94. The molecule has 3 rings (SSSR count). The maximum absolute atomic E-state index is 12.5. The van der Waals surface area contributed by atoms with E-state index < -0.39 is 18.5 Å². The molecule has 3 aromatic rings. The minimum absolute atomic E-state index is 0.108. The highest BCUT2D eigenvalue weighted by Gasteiger charge is 2.21. The molecule has 0 saturated carbocycles. The zero-order chi connectivity index (χ0) is 26.1. The summed E-state index contributed by atoms with van der Waals surface area (Å²) in [7, 11) is 1.48. The van der Waals surface area contributed by atoms with Crippen molar-refractivity contribution in [3.8, 4) is 23.3 Å². The molecule has 0 atom stereocenters. The van der Waals surface area contributed by atoms with Gasteiger partial charge in [0.15, 0.2) is 24.7 Å². The summed E-state index contributed by atoms with van der Waals surface area (Å²) < 4.78 is 17.3. The third-order valence-corrected chi connectivity index (χ3v) is 4.98. The topological polar surface area (TPSA) is 115 Å². The van der Waals surface area contributed by atoms with Gasteiger partial charge in [0.25, 0.3) is 5.91 Å². The van der Waals surface area contributed by atoms with Gasteiger partial charge in [-0.3, -0.25) is 4.79 Å². The zero-order valence-electron chi connectivity index (χ0n) is 20.6. The Hall–Kier alpha value is -4.58. The van der Waals surface area contributed by atoms with E-state index in [1.807, 2.05) is 63.2 Å². The second-order valence-electron chi connectivity index (χ2n) is 8.76. The molecule has 9 nitrogen and oxygen atoms in total. The van der Waals surface area contributed by atoms with Crippen LogP contribution in [0.15, 0.2) is 60.7 Å². The van der Waals surface area contributed by atoms with Gasteiger partial charge < -0.3 is 19.5 Å². The van der Waals surface area contributed by atoms with Crippen molar-refractivity contribution in [1.82, 2.24) is 9.78 Å². The Bertz CT molecular complexity index is 1280. The lowest BCUT2D eigenvalue weighted by Crippen LogP contribution is -2.21. The van der Waals surface area contributed by atoms with Crippen LogP contribution in [0.3, 0.4) is 0 Å². The highest BCUT2D eigenvalue weighted by atomic mass is 16.5. The van der Waals surface area contributed by atoms with Crippen LogP contribution in [0.5, 0.6) is 11.5 Å². The second-order valence-corrected chi connectivity index (χ2v) is 8.76. The summed E-state index contributed by atoms with van der Waals surface area (Å²) in [5, 5.41) is 16.1. The Morgan fingerprint density at radius 1 is 1.11 bits per heavy atom. The number of hydrogen-bond acceptors (Lipinski definition) is 7. The summed E-state index contributed by atoms with van der Waals surface area (Å²) in [6.07, 6.45) is 2.74. The Kier molecular flexibility index (Phi) is 8.47. The zero-order valence-corrected chi connectivity index (χ0v) is 20.6. The minimum atomic E-state index is -0.680. The lowest BCUT2D eigenvalue weighted by Gasteiger charge is -2.14. The molecule has 0 fully saturated rings. The second kappa shape index (κ2) is 11.7. The molecule has 0 radical (unpaired) electrons. The quantitative estimate of drug-likeness (QED) is 0.353. The Labute approximate surface area is 209 Å². The number of nitrogens with zero attached hydrogens (tertiary/aromatic N) is 3. The summed E-state index contributed by atoms with van der Waals surface area (Å²) in [6.45, 7) is 5.54. The standard InChI is InChI=1S/C27H28N4O5/c1-27(2,3)23-17-24(31(30-23)20-8-6-5-7-9-20)29-25(32)18-36-26(33)13-11-19-10-12-21(35-15-14-28)22(16-19)34-4/h5-13,16-17H,15,18H2,1-4H3,(H,29,32)/b13-11+. The van der Waals surface area contributed by atoms with E-state index in [1.165, 1.54) is 19.3 Å². The van der Waals surface area contributed by atoms with Crippen molar-refractivity contribution in [2.24, 2.45) is 0 Å². The van der Waals surface area contributed by atoms with Gasteiger partial charge in [0.05, 0.1) is 18.5 Å². The van der Waals surface area contributed by atoms with Crippen molar-refractivity contribution in [3.05, 3.63) is 71.9 Å². The number of anilines is 1. The highest BCUT2D eigenvalue weighted by Crippen LogP contribution is 2.29. The smallest absolute Gasteiger partial charge is 0.331 e. The van der Waals surface area contributed by atoms with Crippen molar-refractivity contribution in [2.45, 2.75) is 26.2 Å². The molecule has 2 aromatic carbocycles. The van der Waals surface area contributed by atoms with E-state index in [-0.39, 0.29) is 12.0 Å². The summed E-state index contributed by atoms with van der Waals surface area (Å²) in [4.78, 5) is 24.7. The largest absolute Gasteiger partial charge is 0.493 e. The average Bonchev–Trinajstić information content (AvgIpc) is 3.30. The van der Waals surface area contributed by atoms with Crippen molar-refractivity contribution >= 4 is 23.8 Å². The normalized spacial score (nSPS) is 11.1. The van der Waals surface area contributed by atoms with Crippen molar-refractivity contribution in [2.75, 3.05) is 25.6 Å². The van der Waals surface area contributed by atoms with E-state index in [2.05, 4.69) is 10.4 Å². The van der Waals surface area contributed by atoms with Crippen molar-refractivity contribution in [3.63, 3.8) is 0 Å². The van der Waals surface area contributed by atoms with Gasteiger partial charge in [-0.25, -0.2) is 9.48 Å². The SMILES string of the molecule is COc1cc(/C=C/C(=O)OCC(=O)Nc2cc(C(C)(C)C)nn2-c2ccccc2)ccc1OCC#N. The van der Waals surface area contributed by atoms with E-state index in [1.54, 1.807) is 22.9 Å². The molecule has 0 bridgehead atoms. The fourth-order valence-corrected chi connectivity index (χ4v) is 3.15. The van der Waals surface area contributed by atoms with Crippen LogP contribution in [0, 0.1) is 11.3 Å². The summed E-state index contributed by atoms with van der Waals surface area (Å²) in [5.41, 5.74) is 2.03.